The second-order valence-electron chi connectivity index (χ2n) is 8.00. The van der Waals surface area contributed by atoms with E-state index in [1.807, 2.05) is 79.7 Å². The first-order chi connectivity index (χ1) is 16.5. The predicted molar refractivity (Wildman–Crippen MR) is 141 cm³/mol. The van der Waals surface area contributed by atoms with E-state index in [1.54, 1.807) is 24.3 Å². The van der Waals surface area contributed by atoms with Gasteiger partial charge < -0.3 is 16.0 Å². The minimum atomic E-state index is -0.209. The van der Waals surface area contributed by atoms with E-state index >= 15 is 0 Å². The summed E-state index contributed by atoms with van der Waals surface area (Å²) >= 11 is 5.32. The largest absolute Gasteiger partial charge is 0.346 e. The topological polar surface area (TPSA) is 70.2 Å². The fraction of sp³-hybridized carbons (Fsp3) is 0.107. The van der Waals surface area contributed by atoms with Crippen LogP contribution in [0.4, 0.5) is 5.69 Å². The van der Waals surface area contributed by atoms with Crippen molar-refractivity contribution >= 4 is 45.6 Å². The third-order valence-electron chi connectivity index (χ3n) is 5.51. The average molecular weight is 468 g/mol. The van der Waals surface area contributed by atoms with Gasteiger partial charge in [-0.2, -0.15) is 0 Å². The third kappa shape index (κ3) is 5.85. The highest BCUT2D eigenvalue weighted by atomic mass is 32.1. The number of hydrogen-bond donors (Lipinski definition) is 3. The van der Waals surface area contributed by atoms with Gasteiger partial charge in [0.25, 0.3) is 5.91 Å². The monoisotopic (exact) mass is 467 g/mol. The summed E-state index contributed by atoms with van der Waals surface area (Å²) in [5, 5.41) is 11.0. The Morgan fingerprint density at radius 3 is 2.38 bits per heavy atom. The normalized spacial score (nSPS) is 11.4. The van der Waals surface area contributed by atoms with Crippen LogP contribution in [0.3, 0.4) is 0 Å². The first-order valence-corrected chi connectivity index (χ1v) is 11.4. The maximum absolute atomic E-state index is 12.7. The maximum atomic E-state index is 12.7. The molecule has 2 amide bonds. The molecule has 0 radical (unpaired) electrons. The molecule has 0 saturated heterocycles. The zero-order valence-electron chi connectivity index (χ0n) is 18.7. The number of hydrogen-bond acceptors (Lipinski definition) is 3. The summed E-state index contributed by atoms with van der Waals surface area (Å²) in [6, 6.07) is 30.5. The van der Waals surface area contributed by atoms with E-state index in [2.05, 4.69) is 16.0 Å². The highest BCUT2D eigenvalue weighted by molar-refractivity contribution is 7.80. The standard InChI is InChI=1S/C28H25N3O2S/c1-19(20-9-3-2-4-10-20)29-27(33)23-14-8-15-24(17-23)30-28(34)31-26(32)18-22-13-7-12-21-11-5-6-16-25(21)22/h2-17,19H,18H2,1H3,(H,29,33)(H2,30,31,32,34). The number of benzene rings is 4. The minimum Gasteiger partial charge on any atom is -0.346 e. The Hall–Kier alpha value is -4.03. The van der Waals surface area contributed by atoms with Crippen molar-refractivity contribution in [1.29, 1.82) is 0 Å². The molecule has 0 bridgehead atoms. The van der Waals surface area contributed by atoms with Gasteiger partial charge in [-0.1, -0.05) is 78.9 Å². The van der Waals surface area contributed by atoms with Gasteiger partial charge in [0.15, 0.2) is 5.11 Å². The fourth-order valence-corrected chi connectivity index (χ4v) is 4.03. The van der Waals surface area contributed by atoms with Gasteiger partial charge in [-0.15, -0.1) is 0 Å². The zero-order chi connectivity index (χ0) is 23.9. The number of fused-ring (bicyclic) bond motifs is 1. The number of amides is 2. The molecular weight excluding hydrogens is 442 g/mol. The van der Waals surface area contributed by atoms with Gasteiger partial charge >= 0.3 is 0 Å². The molecule has 4 aromatic rings. The maximum Gasteiger partial charge on any atom is 0.251 e. The molecular formula is C28H25N3O2S. The quantitative estimate of drug-likeness (QED) is 0.333. The van der Waals surface area contributed by atoms with Crippen molar-refractivity contribution in [3.8, 4) is 0 Å². The molecule has 34 heavy (non-hydrogen) atoms. The molecule has 1 atom stereocenters. The first kappa shape index (κ1) is 23.1. The van der Waals surface area contributed by atoms with E-state index in [0.717, 1.165) is 21.9 Å². The summed E-state index contributed by atoms with van der Waals surface area (Å²) in [5.74, 6) is -0.398. The van der Waals surface area contributed by atoms with Crippen molar-refractivity contribution in [2.75, 3.05) is 5.32 Å². The predicted octanol–water partition coefficient (Wildman–Crippen LogP) is 5.39. The van der Waals surface area contributed by atoms with Crippen LogP contribution < -0.4 is 16.0 Å². The summed E-state index contributed by atoms with van der Waals surface area (Å²) in [5.41, 5.74) is 3.08. The Bertz CT molecular complexity index is 1330. The van der Waals surface area contributed by atoms with Crippen LogP contribution >= 0.6 is 12.2 Å². The van der Waals surface area contributed by atoms with Crippen LogP contribution in [0.15, 0.2) is 97.1 Å². The van der Waals surface area contributed by atoms with E-state index < -0.39 is 0 Å². The third-order valence-corrected chi connectivity index (χ3v) is 5.72. The second kappa shape index (κ2) is 10.7. The Morgan fingerprint density at radius 2 is 1.56 bits per heavy atom. The van der Waals surface area contributed by atoms with Gasteiger partial charge in [-0.3, -0.25) is 9.59 Å². The number of anilines is 1. The molecule has 170 valence electrons. The minimum absolute atomic E-state index is 0.125. The molecule has 5 nitrogen and oxygen atoms in total. The Balaban J connectivity index is 1.35. The van der Waals surface area contributed by atoms with Gasteiger partial charge in [0.2, 0.25) is 5.91 Å². The SMILES string of the molecule is CC(NC(=O)c1cccc(NC(=S)NC(=O)Cc2cccc3ccccc23)c1)c1ccccc1. The van der Waals surface area contributed by atoms with Gasteiger partial charge in [-0.05, 0) is 59.2 Å². The molecule has 0 aliphatic heterocycles. The van der Waals surface area contributed by atoms with E-state index in [1.165, 1.54) is 0 Å². The van der Waals surface area contributed by atoms with Crippen LogP contribution in [0.5, 0.6) is 0 Å². The summed E-state index contributed by atoms with van der Waals surface area (Å²) in [4.78, 5) is 25.3. The van der Waals surface area contributed by atoms with Crippen molar-refractivity contribution in [3.63, 3.8) is 0 Å². The van der Waals surface area contributed by atoms with Crippen LogP contribution in [0.1, 0.15) is 34.5 Å². The Morgan fingerprint density at radius 1 is 0.853 bits per heavy atom. The lowest BCUT2D eigenvalue weighted by molar-refractivity contribution is -0.119. The van der Waals surface area contributed by atoms with Gasteiger partial charge in [0, 0.05) is 11.3 Å². The average Bonchev–Trinajstić information content (AvgIpc) is 2.84. The van der Waals surface area contributed by atoms with Gasteiger partial charge in [0.05, 0.1) is 12.5 Å². The molecule has 0 aliphatic rings. The van der Waals surface area contributed by atoms with E-state index in [-0.39, 0.29) is 29.4 Å². The van der Waals surface area contributed by atoms with Crippen LogP contribution in [-0.4, -0.2) is 16.9 Å². The molecule has 0 saturated carbocycles. The summed E-state index contributed by atoms with van der Waals surface area (Å²) < 4.78 is 0. The van der Waals surface area contributed by atoms with Crippen molar-refractivity contribution in [1.82, 2.24) is 10.6 Å². The first-order valence-electron chi connectivity index (χ1n) is 11.0. The summed E-state index contributed by atoms with van der Waals surface area (Å²) in [7, 11) is 0. The van der Waals surface area contributed by atoms with Crippen LogP contribution in [0.2, 0.25) is 0 Å². The molecule has 4 rings (SSSR count). The Kier molecular flexibility index (Phi) is 7.30. The van der Waals surface area contributed by atoms with Crippen LogP contribution in [0.25, 0.3) is 10.8 Å². The van der Waals surface area contributed by atoms with Crippen molar-refractivity contribution in [2.24, 2.45) is 0 Å². The lowest BCUT2D eigenvalue weighted by atomic mass is 10.0. The summed E-state index contributed by atoms with van der Waals surface area (Å²) in [6.07, 6.45) is 0.211. The van der Waals surface area contributed by atoms with Crippen LogP contribution in [0, 0.1) is 0 Å². The summed E-state index contributed by atoms with van der Waals surface area (Å²) in [6.45, 7) is 1.94. The molecule has 3 N–H and O–H groups in total. The zero-order valence-corrected chi connectivity index (χ0v) is 19.6. The van der Waals surface area contributed by atoms with Crippen molar-refractivity contribution in [3.05, 3.63) is 114 Å². The number of carbonyl (C=O) groups is 2. The number of nitrogens with one attached hydrogen (secondary N) is 3. The van der Waals surface area contributed by atoms with E-state index in [0.29, 0.717) is 11.3 Å². The lowest BCUT2D eigenvalue weighted by Gasteiger charge is -2.15. The van der Waals surface area contributed by atoms with E-state index in [9.17, 15) is 9.59 Å². The van der Waals surface area contributed by atoms with Gasteiger partial charge in [-0.25, -0.2) is 0 Å². The molecule has 4 aromatic carbocycles. The second-order valence-corrected chi connectivity index (χ2v) is 8.41. The number of rotatable bonds is 6. The molecule has 0 aromatic heterocycles. The molecule has 0 heterocycles. The highest BCUT2D eigenvalue weighted by Crippen LogP contribution is 2.19. The number of carbonyl (C=O) groups excluding carboxylic acids is 2. The van der Waals surface area contributed by atoms with E-state index in [4.69, 9.17) is 12.2 Å². The molecule has 0 aliphatic carbocycles. The van der Waals surface area contributed by atoms with Gasteiger partial charge in [0.1, 0.15) is 0 Å². The lowest BCUT2D eigenvalue weighted by Crippen LogP contribution is -2.35. The van der Waals surface area contributed by atoms with Crippen LogP contribution in [-0.2, 0) is 11.2 Å². The molecule has 0 fully saturated rings. The molecule has 0 spiro atoms. The highest BCUT2D eigenvalue weighted by Gasteiger charge is 2.13. The van der Waals surface area contributed by atoms with Crippen molar-refractivity contribution < 1.29 is 9.59 Å². The van der Waals surface area contributed by atoms with Crippen molar-refractivity contribution in [2.45, 2.75) is 19.4 Å². The number of thiocarbonyl (C=S) groups is 1. The molecule has 6 heteroatoms. The molecule has 1 unspecified atom stereocenters. The smallest absolute Gasteiger partial charge is 0.251 e. The fourth-order valence-electron chi connectivity index (χ4n) is 3.80. The Labute approximate surface area is 204 Å².